The summed E-state index contributed by atoms with van der Waals surface area (Å²) in [6.07, 6.45) is 3.09. The highest BCUT2D eigenvalue weighted by atomic mass is 16.3. The Kier molecular flexibility index (Phi) is 3.19. The molecule has 0 aliphatic carbocycles. The quantitative estimate of drug-likeness (QED) is 0.740. The molecular formula is C10H14N2O2. The summed E-state index contributed by atoms with van der Waals surface area (Å²) >= 11 is 0. The average Bonchev–Trinajstić information content (AvgIpc) is 2.19. The number of nitrogens with one attached hydrogen (secondary N) is 1. The Morgan fingerprint density at radius 1 is 1.64 bits per heavy atom. The molecule has 0 radical (unpaired) electrons. The monoisotopic (exact) mass is 194 g/mol. The first kappa shape index (κ1) is 10.7. The topological polar surface area (TPSA) is 62.2 Å². The van der Waals surface area contributed by atoms with Gasteiger partial charge in [-0.2, -0.15) is 0 Å². The maximum atomic E-state index is 11.6. The van der Waals surface area contributed by atoms with E-state index in [4.69, 9.17) is 5.11 Å². The molecule has 0 saturated carbocycles. The Labute approximate surface area is 83.0 Å². The zero-order valence-corrected chi connectivity index (χ0v) is 8.32. The molecule has 0 atom stereocenters. The molecule has 0 aliphatic heterocycles. The lowest BCUT2D eigenvalue weighted by molar-refractivity contribution is 0.0869. The highest BCUT2D eigenvalue weighted by Gasteiger charge is 2.19. The summed E-state index contributed by atoms with van der Waals surface area (Å²) in [5, 5.41) is 11.7. The summed E-state index contributed by atoms with van der Waals surface area (Å²) in [7, 11) is 0. The van der Waals surface area contributed by atoms with Gasteiger partial charge < -0.3 is 10.4 Å². The van der Waals surface area contributed by atoms with Gasteiger partial charge in [-0.05, 0) is 26.0 Å². The van der Waals surface area contributed by atoms with Crippen molar-refractivity contribution in [2.75, 3.05) is 6.61 Å². The summed E-state index contributed by atoms with van der Waals surface area (Å²) < 4.78 is 0. The van der Waals surface area contributed by atoms with E-state index in [1.54, 1.807) is 32.2 Å². The van der Waals surface area contributed by atoms with Gasteiger partial charge in [0.15, 0.2) is 0 Å². The molecule has 1 rings (SSSR count). The number of aromatic nitrogens is 1. The third-order valence-corrected chi connectivity index (χ3v) is 1.77. The van der Waals surface area contributed by atoms with Crippen LogP contribution in [-0.2, 0) is 0 Å². The summed E-state index contributed by atoms with van der Waals surface area (Å²) in [4.78, 5) is 15.4. The lowest BCUT2D eigenvalue weighted by Gasteiger charge is -2.23. The molecule has 0 saturated heterocycles. The van der Waals surface area contributed by atoms with Crippen LogP contribution in [-0.4, -0.2) is 28.1 Å². The maximum Gasteiger partial charge on any atom is 0.253 e. The van der Waals surface area contributed by atoms with Gasteiger partial charge in [-0.1, -0.05) is 0 Å². The van der Waals surface area contributed by atoms with Gasteiger partial charge >= 0.3 is 0 Å². The molecule has 0 unspecified atom stereocenters. The molecule has 1 amide bonds. The minimum Gasteiger partial charge on any atom is -0.394 e. The van der Waals surface area contributed by atoms with Crippen molar-refractivity contribution in [3.05, 3.63) is 30.1 Å². The smallest absolute Gasteiger partial charge is 0.253 e. The number of hydrogen-bond donors (Lipinski definition) is 2. The number of pyridine rings is 1. The Hall–Kier alpha value is -1.42. The number of hydrogen-bond acceptors (Lipinski definition) is 3. The van der Waals surface area contributed by atoms with Gasteiger partial charge in [0.25, 0.3) is 5.91 Å². The van der Waals surface area contributed by atoms with Crippen molar-refractivity contribution >= 4 is 5.91 Å². The van der Waals surface area contributed by atoms with Gasteiger partial charge in [0.05, 0.1) is 17.7 Å². The first-order chi connectivity index (χ1) is 6.55. The van der Waals surface area contributed by atoms with Crippen LogP contribution in [0.1, 0.15) is 24.2 Å². The van der Waals surface area contributed by atoms with Crippen molar-refractivity contribution < 1.29 is 9.90 Å². The number of carbonyl (C=O) groups is 1. The van der Waals surface area contributed by atoms with Crippen molar-refractivity contribution in [1.29, 1.82) is 0 Å². The molecule has 2 N–H and O–H groups in total. The van der Waals surface area contributed by atoms with Crippen LogP contribution in [0.2, 0.25) is 0 Å². The molecule has 0 aromatic carbocycles. The van der Waals surface area contributed by atoms with Crippen LogP contribution >= 0.6 is 0 Å². The normalized spacial score (nSPS) is 11.1. The second kappa shape index (κ2) is 4.19. The fourth-order valence-corrected chi connectivity index (χ4v) is 0.916. The van der Waals surface area contributed by atoms with Crippen molar-refractivity contribution in [3.8, 4) is 0 Å². The molecule has 0 spiro atoms. The second-order valence-electron chi connectivity index (χ2n) is 3.74. The van der Waals surface area contributed by atoms with Crippen LogP contribution in [0.4, 0.5) is 0 Å². The Morgan fingerprint density at radius 2 is 2.36 bits per heavy atom. The van der Waals surface area contributed by atoms with E-state index >= 15 is 0 Å². The number of amides is 1. The Bertz CT molecular complexity index is 309. The number of aliphatic hydroxyl groups is 1. The minimum absolute atomic E-state index is 0.0982. The molecule has 1 aromatic heterocycles. The Balaban J connectivity index is 2.69. The van der Waals surface area contributed by atoms with Gasteiger partial charge in [-0.15, -0.1) is 0 Å². The summed E-state index contributed by atoms with van der Waals surface area (Å²) in [6, 6.07) is 3.37. The summed E-state index contributed by atoms with van der Waals surface area (Å²) in [6.45, 7) is 3.40. The van der Waals surface area contributed by atoms with Gasteiger partial charge in [0.1, 0.15) is 0 Å². The zero-order valence-electron chi connectivity index (χ0n) is 8.32. The molecule has 0 fully saturated rings. The Morgan fingerprint density at radius 3 is 2.86 bits per heavy atom. The van der Waals surface area contributed by atoms with Gasteiger partial charge in [0, 0.05) is 12.4 Å². The minimum atomic E-state index is -0.604. The third kappa shape index (κ3) is 2.81. The standard InChI is InChI=1S/C10H14N2O2/c1-10(2,7-13)12-9(14)8-4-3-5-11-6-8/h3-6,13H,7H2,1-2H3,(H,12,14). The van der Waals surface area contributed by atoms with Crippen LogP contribution in [0.3, 0.4) is 0 Å². The van der Waals surface area contributed by atoms with Crippen LogP contribution in [0.15, 0.2) is 24.5 Å². The van der Waals surface area contributed by atoms with Crippen LogP contribution < -0.4 is 5.32 Å². The van der Waals surface area contributed by atoms with Crippen LogP contribution in [0.25, 0.3) is 0 Å². The SMILES string of the molecule is CC(C)(CO)NC(=O)c1cccnc1. The fraction of sp³-hybridized carbons (Fsp3) is 0.400. The number of carbonyl (C=O) groups excluding carboxylic acids is 1. The number of rotatable bonds is 3. The van der Waals surface area contributed by atoms with Gasteiger partial charge in [-0.3, -0.25) is 9.78 Å². The van der Waals surface area contributed by atoms with E-state index in [-0.39, 0.29) is 12.5 Å². The highest BCUT2D eigenvalue weighted by Crippen LogP contribution is 2.03. The van der Waals surface area contributed by atoms with Gasteiger partial charge in [-0.25, -0.2) is 0 Å². The third-order valence-electron chi connectivity index (χ3n) is 1.77. The number of nitrogens with zero attached hydrogens (tertiary/aromatic N) is 1. The molecule has 4 heteroatoms. The molecular weight excluding hydrogens is 180 g/mol. The van der Waals surface area contributed by atoms with E-state index in [2.05, 4.69) is 10.3 Å². The predicted octanol–water partition coefficient (Wildman–Crippen LogP) is 0.582. The van der Waals surface area contributed by atoms with Crippen LogP contribution in [0, 0.1) is 0 Å². The molecule has 0 aliphatic rings. The molecule has 1 heterocycles. The summed E-state index contributed by atoms with van der Waals surface area (Å²) in [5.41, 5.74) is -0.110. The van der Waals surface area contributed by atoms with Gasteiger partial charge in [0.2, 0.25) is 0 Å². The number of aliphatic hydroxyl groups excluding tert-OH is 1. The van der Waals surface area contributed by atoms with Crippen molar-refractivity contribution in [2.24, 2.45) is 0 Å². The largest absolute Gasteiger partial charge is 0.394 e. The van der Waals surface area contributed by atoms with E-state index in [0.717, 1.165) is 0 Å². The maximum absolute atomic E-state index is 11.6. The van der Waals surface area contributed by atoms with E-state index in [9.17, 15) is 4.79 Å². The van der Waals surface area contributed by atoms with Crippen molar-refractivity contribution in [2.45, 2.75) is 19.4 Å². The molecule has 1 aromatic rings. The first-order valence-electron chi connectivity index (χ1n) is 4.38. The molecule has 76 valence electrons. The van der Waals surface area contributed by atoms with Crippen molar-refractivity contribution in [1.82, 2.24) is 10.3 Å². The van der Waals surface area contributed by atoms with E-state index in [1.807, 2.05) is 0 Å². The lowest BCUT2D eigenvalue weighted by atomic mass is 10.1. The predicted molar refractivity (Wildman–Crippen MR) is 52.9 cm³/mol. The molecule has 0 bridgehead atoms. The van der Waals surface area contributed by atoms with Crippen molar-refractivity contribution in [3.63, 3.8) is 0 Å². The first-order valence-corrected chi connectivity index (χ1v) is 4.38. The van der Waals surface area contributed by atoms with Crippen LogP contribution in [0.5, 0.6) is 0 Å². The lowest BCUT2D eigenvalue weighted by Crippen LogP contribution is -2.46. The van der Waals surface area contributed by atoms with E-state index in [0.29, 0.717) is 5.56 Å². The zero-order chi connectivity index (χ0) is 10.6. The molecule has 14 heavy (non-hydrogen) atoms. The summed E-state index contributed by atoms with van der Waals surface area (Å²) in [5.74, 6) is -0.225. The highest BCUT2D eigenvalue weighted by molar-refractivity contribution is 5.94. The van der Waals surface area contributed by atoms with E-state index in [1.165, 1.54) is 6.20 Å². The molecule has 4 nitrogen and oxygen atoms in total. The fourth-order valence-electron chi connectivity index (χ4n) is 0.916. The van der Waals surface area contributed by atoms with E-state index < -0.39 is 5.54 Å². The average molecular weight is 194 g/mol. The second-order valence-corrected chi connectivity index (χ2v) is 3.74.